The summed E-state index contributed by atoms with van der Waals surface area (Å²) >= 11 is 24.3. The van der Waals surface area contributed by atoms with Crippen molar-refractivity contribution in [1.29, 1.82) is 0 Å². The van der Waals surface area contributed by atoms with Crippen LogP contribution >= 0.6 is 46.4 Å². The van der Waals surface area contributed by atoms with E-state index in [1.807, 2.05) is 6.92 Å². The minimum Gasteiger partial charge on any atom is -0.380 e. The summed E-state index contributed by atoms with van der Waals surface area (Å²) in [5, 5.41) is 3.58. The van der Waals surface area contributed by atoms with E-state index in [0.29, 0.717) is 6.04 Å². The molecule has 0 saturated carbocycles. The van der Waals surface area contributed by atoms with Gasteiger partial charge in [-0.15, -0.1) is 0 Å². The molecule has 1 amide bonds. The van der Waals surface area contributed by atoms with Gasteiger partial charge >= 0.3 is 0 Å². The normalized spacial score (nSPS) is 18.9. The molecule has 1 fully saturated rings. The van der Waals surface area contributed by atoms with Gasteiger partial charge in [-0.25, -0.2) is 0 Å². The highest BCUT2D eigenvalue weighted by molar-refractivity contribution is 6.50. The molecule has 146 valence electrons. The predicted molar refractivity (Wildman–Crippen MR) is 109 cm³/mol. The van der Waals surface area contributed by atoms with Crippen molar-refractivity contribution in [2.75, 3.05) is 51.3 Å². The monoisotopic (exact) mass is 441 g/mol. The summed E-state index contributed by atoms with van der Waals surface area (Å²) in [7, 11) is 0. The first-order valence-corrected chi connectivity index (χ1v) is 10.0. The van der Waals surface area contributed by atoms with E-state index in [9.17, 15) is 4.79 Å². The number of rotatable bonds is 7. The van der Waals surface area contributed by atoms with Gasteiger partial charge in [-0.2, -0.15) is 0 Å². The third kappa shape index (κ3) is 5.86. The number of ether oxygens (including phenoxy) is 1. The molecule has 1 aliphatic heterocycles. The van der Waals surface area contributed by atoms with Crippen molar-refractivity contribution in [2.45, 2.75) is 19.9 Å². The number of benzene rings is 1. The Hall–Kier alpha value is -0.270. The first-order chi connectivity index (χ1) is 12.3. The molecule has 9 heteroatoms. The van der Waals surface area contributed by atoms with Gasteiger partial charge in [0.15, 0.2) is 0 Å². The van der Waals surface area contributed by atoms with Crippen LogP contribution < -0.4 is 5.32 Å². The predicted octanol–water partition coefficient (Wildman–Crippen LogP) is 4.28. The molecule has 0 aromatic heterocycles. The van der Waals surface area contributed by atoms with E-state index in [-0.39, 0.29) is 38.2 Å². The van der Waals surface area contributed by atoms with Gasteiger partial charge < -0.3 is 10.1 Å². The Kier molecular flexibility index (Phi) is 8.74. The van der Waals surface area contributed by atoms with Crippen LogP contribution in [-0.2, 0) is 9.53 Å². The summed E-state index contributed by atoms with van der Waals surface area (Å²) < 4.78 is 5.42. The Labute approximate surface area is 174 Å². The topological polar surface area (TPSA) is 44.8 Å². The lowest BCUT2D eigenvalue weighted by atomic mass is 10.2. The number of hydrogen-bond acceptors (Lipinski definition) is 4. The highest BCUT2D eigenvalue weighted by Crippen LogP contribution is 2.40. The molecular weight excluding hydrogens is 420 g/mol. The average Bonchev–Trinajstić information content (AvgIpc) is 2.59. The summed E-state index contributed by atoms with van der Waals surface area (Å²) in [5.41, 5.74) is 0.249. The van der Waals surface area contributed by atoms with Gasteiger partial charge in [0.1, 0.15) is 0 Å². The Morgan fingerprint density at radius 3 is 2.46 bits per heavy atom. The molecule has 0 aliphatic carbocycles. The molecule has 1 saturated heterocycles. The number of anilines is 1. The quantitative estimate of drug-likeness (QED) is 0.505. The highest BCUT2D eigenvalue weighted by atomic mass is 35.5. The molecule has 0 radical (unpaired) electrons. The molecule has 0 spiro atoms. The minimum absolute atomic E-state index is 0.184. The molecule has 1 aromatic rings. The standard InChI is InChI=1S/C17H23Cl4N3O2/c1-3-26-7-6-24-5-4-23(9-11(24)2)10-14(25)22-17-15(20)12(18)8-13(19)16(17)21/h8,11H,3-7,9-10H2,1-2H3,(H,22,25). The van der Waals surface area contributed by atoms with Crippen molar-refractivity contribution in [1.82, 2.24) is 9.80 Å². The van der Waals surface area contributed by atoms with E-state index in [0.717, 1.165) is 39.4 Å². The lowest BCUT2D eigenvalue weighted by Gasteiger charge is -2.39. The second-order valence-electron chi connectivity index (χ2n) is 6.21. The van der Waals surface area contributed by atoms with Crippen molar-refractivity contribution >= 4 is 58.0 Å². The van der Waals surface area contributed by atoms with Crippen LogP contribution in [0.4, 0.5) is 5.69 Å². The van der Waals surface area contributed by atoms with Crippen molar-refractivity contribution in [2.24, 2.45) is 0 Å². The van der Waals surface area contributed by atoms with Crippen LogP contribution in [0.25, 0.3) is 0 Å². The number of carbonyl (C=O) groups is 1. The number of piperazine rings is 1. The Balaban J connectivity index is 1.90. The number of halogens is 4. The first-order valence-electron chi connectivity index (χ1n) is 8.50. The van der Waals surface area contributed by atoms with E-state index >= 15 is 0 Å². The number of nitrogens with zero attached hydrogens (tertiary/aromatic N) is 2. The molecule has 5 nitrogen and oxygen atoms in total. The van der Waals surface area contributed by atoms with Crippen LogP contribution in [0.2, 0.25) is 20.1 Å². The van der Waals surface area contributed by atoms with E-state index in [2.05, 4.69) is 22.0 Å². The molecule has 26 heavy (non-hydrogen) atoms. The SMILES string of the molecule is CCOCCN1CCN(CC(=O)Nc2c(Cl)c(Cl)cc(Cl)c2Cl)CC1C. The van der Waals surface area contributed by atoms with Gasteiger partial charge in [-0.05, 0) is 19.9 Å². The Morgan fingerprint density at radius 1 is 1.23 bits per heavy atom. The number of nitrogens with one attached hydrogen (secondary N) is 1. The van der Waals surface area contributed by atoms with Crippen LogP contribution in [0.5, 0.6) is 0 Å². The van der Waals surface area contributed by atoms with Crippen LogP contribution in [0.15, 0.2) is 6.07 Å². The van der Waals surface area contributed by atoms with E-state index in [4.69, 9.17) is 51.1 Å². The van der Waals surface area contributed by atoms with Crippen molar-refractivity contribution < 1.29 is 9.53 Å². The maximum absolute atomic E-state index is 12.4. The summed E-state index contributed by atoms with van der Waals surface area (Å²) in [4.78, 5) is 16.9. The van der Waals surface area contributed by atoms with Gasteiger partial charge in [0.25, 0.3) is 0 Å². The molecule has 0 bridgehead atoms. The smallest absolute Gasteiger partial charge is 0.238 e. The molecule has 1 heterocycles. The lowest BCUT2D eigenvalue weighted by molar-refractivity contribution is -0.118. The third-order valence-corrected chi connectivity index (χ3v) is 5.89. The number of hydrogen-bond donors (Lipinski definition) is 1. The van der Waals surface area contributed by atoms with E-state index in [1.165, 1.54) is 6.07 Å². The van der Waals surface area contributed by atoms with Gasteiger partial charge in [-0.3, -0.25) is 14.6 Å². The van der Waals surface area contributed by atoms with Gasteiger partial charge in [0, 0.05) is 38.8 Å². The third-order valence-electron chi connectivity index (χ3n) is 4.32. The second-order valence-corrected chi connectivity index (χ2v) is 7.78. The first kappa shape index (κ1) is 22.0. The molecule has 2 rings (SSSR count). The minimum atomic E-state index is -0.206. The van der Waals surface area contributed by atoms with Crippen molar-refractivity contribution in [3.63, 3.8) is 0 Å². The van der Waals surface area contributed by atoms with Crippen LogP contribution in [0.3, 0.4) is 0 Å². The lowest BCUT2D eigenvalue weighted by Crippen LogP contribution is -2.54. The number of carbonyl (C=O) groups excluding carboxylic acids is 1. The zero-order chi connectivity index (χ0) is 19.3. The van der Waals surface area contributed by atoms with Crippen molar-refractivity contribution in [3.8, 4) is 0 Å². The molecule has 1 atom stereocenters. The Morgan fingerprint density at radius 2 is 1.88 bits per heavy atom. The largest absolute Gasteiger partial charge is 0.380 e. The summed E-state index contributed by atoms with van der Waals surface area (Å²) in [6.07, 6.45) is 0. The maximum Gasteiger partial charge on any atom is 0.238 e. The zero-order valence-electron chi connectivity index (χ0n) is 14.8. The van der Waals surface area contributed by atoms with Crippen molar-refractivity contribution in [3.05, 3.63) is 26.2 Å². The molecular formula is C17H23Cl4N3O2. The fourth-order valence-corrected chi connectivity index (χ4v) is 3.84. The zero-order valence-corrected chi connectivity index (χ0v) is 17.9. The van der Waals surface area contributed by atoms with E-state index < -0.39 is 0 Å². The molecule has 1 aromatic carbocycles. The fourth-order valence-electron chi connectivity index (χ4n) is 2.94. The summed E-state index contributed by atoms with van der Waals surface area (Å²) in [6.45, 7) is 9.26. The van der Waals surface area contributed by atoms with Gasteiger partial charge in [-0.1, -0.05) is 46.4 Å². The second kappa shape index (κ2) is 10.3. The van der Waals surface area contributed by atoms with Crippen LogP contribution in [0.1, 0.15) is 13.8 Å². The van der Waals surface area contributed by atoms with E-state index in [1.54, 1.807) is 0 Å². The molecule has 1 unspecified atom stereocenters. The summed E-state index contributed by atoms with van der Waals surface area (Å²) in [6, 6.07) is 1.80. The summed E-state index contributed by atoms with van der Waals surface area (Å²) in [5.74, 6) is -0.206. The van der Waals surface area contributed by atoms with Gasteiger partial charge in [0.05, 0.1) is 38.9 Å². The molecule has 1 aliphatic rings. The Bertz CT molecular complexity index is 619. The maximum atomic E-state index is 12.4. The highest BCUT2D eigenvalue weighted by Gasteiger charge is 2.25. The number of amides is 1. The fraction of sp³-hybridized carbons (Fsp3) is 0.588. The van der Waals surface area contributed by atoms with Crippen LogP contribution in [-0.4, -0.2) is 67.7 Å². The average molecular weight is 443 g/mol. The van der Waals surface area contributed by atoms with Gasteiger partial charge in [0.2, 0.25) is 5.91 Å². The van der Waals surface area contributed by atoms with Crippen LogP contribution in [0, 0.1) is 0 Å². The molecule has 1 N–H and O–H groups in total.